The van der Waals surface area contributed by atoms with Crippen molar-refractivity contribution in [3.63, 3.8) is 0 Å². The van der Waals surface area contributed by atoms with Gasteiger partial charge in [0, 0.05) is 17.7 Å². The number of carbonyl (C=O) groups excluding carboxylic acids is 1. The summed E-state index contributed by atoms with van der Waals surface area (Å²) in [6, 6.07) is 4.50. The van der Waals surface area contributed by atoms with Gasteiger partial charge in [-0.3, -0.25) is 4.79 Å². The molecular formula is C12H14BrFN2O2. The SMILES string of the molecule is NC1(C(=O)Nc2c(F)cccc2Br)CCOCC1. The highest BCUT2D eigenvalue weighted by Crippen LogP contribution is 2.27. The fourth-order valence-electron chi connectivity index (χ4n) is 1.82. The predicted molar refractivity (Wildman–Crippen MR) is 69.7 cm³/mol. The number of nitrogens with one attached hydrogen (secondary N) is 1. The number of rotatable bonds is 2. The molecule has 0 aliphatic carbocycles. The molecular weight excluding hydrogens is 303 g/mol. The normalized spacial score (nSPS) is 18.4. The molecule has 1 aliphatic rings. The molecule has 1 aliphatic heterocycles. The number of para-hydroxylation sites is 1. The van der Waals surface area contributed by atoms with Gasteiger partial charge in [-0.25, -0.2) is 4.39 Å². The minimum Gasteiger partial charge on any atom is -0.381 e. The third kappa shape index (κ3) is 2.71. The van der Waals surface area contributed by atoms with Crippen molar-refractivity contribution < 1.29 is 13.9 Å². The molecule has 98 valence electrons. The van der Waals surface area contributed by atoms with E-state index in [2.05, 4.69) is 21.2 Å². The van der Waals surface area contributed by atoms with Crippen LogP contribution in [0.4, 0.5) is 10.1 Å². The first-order valence-electron chi connectivity index (χ1n) is 5.65. The third-order valence-electron chi connectivity index (χ3n) is 3.04. The average molecular weight is 317 g/mol. The van der Waals surface area contributed by atoms with Crippen molar-refractivity contribution in [1.29, 1.82) is 0 Å². The molecule has 0 unspecified atom stereocenters. The zero-order chi connectivity index (χ0) is 13.2. The molecule has 0 bridgehead atoms. The first-order chi connectivity index (χ1) is 8.53. The van der Waals surface area contributed by atoms with Crippen LogP contribution in [0.15, 0.2) is 22.7 Å². The van der Waals surface area contributed by atoms with Crippen molar-refractivity contribution >= 4 is 27.5 Å². The van der Waals surface area contributed by atoms with Gasteiger partial charge in [-0.1, -0.05) is 6.07 Å². The Morgan fingerprint density at radius 1 is 1.44 bits per heavy atom. The van der Waals surface area contributed by atoms with Gasteiger partial charge in [-0.2, -0.15) is 0 Å². The van der Waals surface area contributed by atoms with Crippen molar-refractivity contribution in [3.8, 4) is 0 Å². The van der Waals surface area contributed by atoms with Crippen molar-refractivity contribution in [2.75, 3.05) is 18.5 Å². The van der Waals surface area contributed by atoms with Crippen LogP contribution in [0.5, 0.6) is 0 Å². The van der Waals surface area contributed by atoms with E-state index in [1.54, 1.807) is 12.1 Å². The van der Waals surface area contributed by atoms with E-state index in [1.165, 1.54) is 6.07 Å². The Kier molecular flexibility index (Phi) is 3.99. The monoisotopic (exact) mass is 316 g/mol. The van der Waals surface area contributed by atoms with Crippen LogP contribution < -0.4 is 11.1 Å². The van der Waals surface area contributed by atoms with E-state index in [-0.39, 0.29) is 11.6 Å². The summed E-state index contributed by atoms with van der Waals surface area (Å²) in [6.45, 7) is 0.894. The van der Waals surface area contributed by atoms with Crippen molar-refractivity contribution in [1.82, 2.24) is 0 Å². The molecule has 1 saturated heterocycles. The summed E-state index contributed by atoms with van der Waals surface area (Å²) < 4.78 is 19.3. The summed E-state index contributed by atoms with van der Waals surface area (Å²) in [5, 5.41) is 2.55. The quantitative estimate of drug-likeness (QED) is 0.877. The Hall–Kier alpha value is -0.980. The van der Waals surface area contributed by atoms with Gasteiger partial charge in [0.1, 0.15) is 11.4 Å². The number of nitrogens with two attached hydrogens (primary N) is 1. The second-order valence-electron chi connectivity index (χ2n) is 4.32. The number of ether oxygens (including phenoxy) is 1. The van der Waals surface area contributed by atoms with Gasteiger partial charge in [0.2, 0.25) is 5.91 Å². The molecule has 18 heavy (non-hydrogen) atoms. The van der Waals surface area contributed by atoms with Gasteiger partial charge in [0.25, 0.3) is 0 Å². The summed E-state index contributed by atoms with van der Waals surface area (Å²) in [5.41, 5.74) is 5.16. The van der Waals surface area contributed by atoms with Gasteiger partial charge >= 0.3 is 0 Å². The first-order valence-corrected chi connectivity index (χ1v) is 6.44. The van der Waals surface area contributed by atoms with E-state index in [1.807, 2.05) is 0 Å². The standard InChI is InChI=1S/C12H14BrFN2O2/c13-8-2-1-3-9(14)10(8)16-11(17)12(15)4-6-18-7-5-12/h1-3H,4-7,15H2,(H,16,17). The molecule has 1 amide bonds. The van der Waals surface area contributed by atoms with E-state index >= 15 is 0 Å². The highest BCUT2D eigenvalue weighted by molar-refractivity contribution is 9.10. The third-order valence-corrected chi connectivity index (χ3v) is 3.70. The zero-order valence-electron chi connectivity index (χ0n) is 9.71. The van der Waals surface area contributed by atoms with E-state index in [9.17, 15) is 9.18 Å². The molecule has 0 saturated carbocycles. The maximum Gasteiger partial charge on any atom is 0.244 e. The number of hydrogen-bond acceptors (Lipinski definition) is 3. The van der Waals surface area contributed by atoms with Crippen LogP contribution in [-0.4, -0.2) is 24.7 Å². The number of hydrogen-bond donors (Lipinski definition) is 2. The Balaban J connectivity index is 2.16. The minimum atomic E-state index is -0.986. The molecule has 1 aromatic carbocycles. The number of carbonyl (C=O) groups is 1. The Labute approximate surface area is 113 Å². The number of anilines is 1. The summed E-state index contributed by atoms with van der Waals surface area (Å²) >= 11 is 3.20. The van der Waals surface area contributed by atoms with Gasteiger partial charge in [0.05, 0.1) is 5.69 Å². The average Bonchev–Trinajstić information content (AvgIpc) is 2.34. The highest BCUT2D eigenvalue weighted by atomic mass is 79.9. The van der Waals surface area contributed by atoms with Crippen LogP contribution in [0.25, 0.3) is 0 Å². The second-order valence-corrected chi connectivity index (χ2v) is 5.17. The maximum absolute atomic E-state index is 13.6. The lowest BCUT2D eigenvalue weighted by molar-refractivity contribution is -0.124. The molecule has 0 aromatic heterocycles. The van der Waals surface area contributed by atoms with Gasteiger partial charge in [-0.15, -0.1) is 0 Å². The van der Waals surface area contributed by atoms with Crippen LogP contribution >= 0.6 is 15.9 Å². The summed E-state index contributed by atoms with van der Waals surface area (Å²) in [5.74, 6) is -0.870. The Morgan fingerprint density at radius 2 is 2.11 bits per heavy atom. The molecule has 0 radical (unpaired) electrons. The number of amides is 1. The van der Waals surface area contributed by atoms with Crippen LogP contribution in [-0.2, 0) is 9.53 Å². The zero-order valence-corrected chi connectivity index (χ0v) is 11.3. The largest absolute Gasteiger partial charge is 0.381 e. The van der Waals surface area contributed by atoms with Crippen LogP contribution in [0, 0.1) is 5.82 Å². The Morgan fingerprint density at radius 3 is 2.72 bits per heavy atom. The molecule has 1 fully saturated rings. The molecule has 3 N–H and O–H groups in total. The van der Waals surface area contributed by atoms with Crippen LogP contribution in [0.2, 0.25) is 0 Å². The molecule has 1 heterocycles. The molecule has 6 heteroatoms. The smallest absolute Gasteiger partial charge is 0.244 e. The lowest BCUT2D eigenvalue weighted by atomic mass is 9.90. The van der Waals surface area contributed by atoms with Crippen molar-refractivity contribution in [3.05, 3.63) is 28.5 Å². The van der Waals surface area contributed by atoms with Crippen molar-refractivity contribution in [2.45, 2.75) is 18.4 Å². The summed E-state index contributed by atoms with van der Waals surface area (Å²) in [4.78, 5) is 12.1. The van der Waals surface area contributed by atoms with E-state index in [0.29, 0.717) is 30.5 Å². The number of benzene rings is 1. The topological polar surface area (TPSA) is 64.4 Å². The highest BCUT2D eigenvalue weighted by Gasteiger charge is 2.36. The fourth-order valence-corrected chi connectivity index (χ4v) is 2.26. The van der Waals surface area contributed by atoms with Gasteiger partial charge < -0.3 is 15.8 Å². The Bertz CT molecular complexity index is 441. The van der Waals surface area contributed by atoms with Crippen molar-refractivity contribution in [2.24, 2.45) is 5.73 Å². The first kappa shape index (κ1) is 13.5. The van der Waals surface area contributed by atoms with E-state index in [0.717, 1.165) is 0 Å². The molecule has 4 nitrogen and oxygen atoms in total. The number of halogens is 2. The molecule has 0 atom stereocenters. The minimum absolute atomic E-state index is 0.124. The lowest BCUT2D eigenvalue weighted by Crippen LogP contribution is -2.54. The van der Waals surface area contributed by atoms with E-state index < -0.39 is 11.4 Å². The molecule has 1 aromatic rings. The lowest BCUT2D eigenvalue weighted by Gasteiger charge is -2.31. The van der Waals surface area contributed by atoms with E-state index in [4.69, 9.17) is 10.5 Å². The van der Waals surface area contributed by atoms with Crippen LogP contribution in [0.1, 0.15) is 12.8 Å². The fraction of sp³-hybridized carbons (Fsp3) is 0.417. The molecule has 2 rings (SSSR count). The molecule has 0 spiro atoms. The van der Waals surface area contributed by atoms with Gasteiger partial charge in [0.15, 0.2) is 0 Å². The van der Waals surface area contributed by atoms with Crippen LogP contribution in [0.3, 0.4) is 0 Å². The maximum atomic E-state index is 13.6. The van der Waals surface area contributed by atoms with Gasteiger partial charge in [-0.05, 0) is 40.9 Å². The second kappa shape index (κ2) is 5.34. The summed E-state index contributed by atoms with van der Waals surface area (Å²) in [7, 11) is 0. The predicted octanol–water partition coefficient (Wildman–Crippen LogP) is 2.03. The summed E-state index contributed by atoms with van der Waals surface area (Å²) in [6.07, 6.45) is 0.871.